The third-order valence-corrected chi connectivity index (χ3v) is 5.26. The summed E-state index contributed by atoms with van der Waals surface area (Å²) >= 11 is 14.2. The molecule has 0 bridgehead atoms. The van der Waals surface area contributed by atoms with Crippen LogP contribution in [0.1, 0.15) is 27.6 Å². The van der Waals surface area contributed by atoms with Gasteiger partial charge in [-0.05, 0) is 48.4 Å². The fraction of sp³-hybridized carbons (Fsp3) is 0.286. The first kappa shape index (κ1) is 14.8. The van der Waals surface area contributed by atoms with Crippen molar-refractivity contribution in [3.05, 3.63) is 55.2 Å². The maximum atomic E-state index is 6.30. The highest BCUT2D eigenvalue weighted by Crippen LogP contribution is 2.34. The van der Waals surface area contributed by atoms with Crippen LogP contribution in [0.15, 0.2) is 23.6 Å². The van der Waals surface area contributed by atoms with Crippen molar-refractivity contribution >= 4 is 34.5 Å². The molecule has 0 amide bonds. The Morgan fingerprint density at radius 3 is 2.58 bits per heavy atom. The van der Waals surface area contributed by atoms with E-state index in [9.17, 15) is 0 Å². The van der Waals surface area contributed by atoms with E-state index in [0.29, 0.717) is 0 Å². The first-order chi connectivity index (χ1) is 9.02. The summed E-state index contributed by atoms with van der Waals surface area (Å²) in [6.07, 6.45) is 0.718. The van der Waals surface area contributed by atoms with Gasteiger partial charge < -0.3 is 0 Å². The van der Waals surface area contributed by atoms with Crippen LogP contribution in [0.2, 0.25) is 10.0 Å². The van der Waals surface area contributed by atoms with Crippen LogP contribution in [0.4, 0.5) is 0 Å². The molecule has 0 radical (unpaired) electrons. The van der Waals surface area contributed by atoms with Crippen LogP contribution < -0.4 is 11.3 Å². The van der Waals surface area contributed by atoms with Crippen molar-refractivity contribution in [3.63, 3.8) is 0 Å². The van der Waals surface area contributed by atoms with Crippen molar-refractivity contribution in [2.45, 2.75) is 26.3 Å². The number of aryl methyl sites for hydroxylation is 2. The topological polar surface area (TPSA) is 38.0 Å². The first-order valence-electron chi connectivity index (χ1n) is 5.97. The molecule has 1 aromatic heterocycles. The largest absolute Gasteiger partial charge is 0.271 e. The maximum absolute atomic E-state index is 6.30. The van der Waals surface area contributed by atoms with Gasteiger partial charge in [0.25, 0.3) is 0 Å². The second-order valence-electron chi connectivity index (χ2n) is 4.62. The van der Waals surface area contributed by atoms with E-state index in [1.54, 1.807) is 11.3 Å². The zero-order chi connectivity index (χ0) is 14.0. The monoisotopic (exact) mass is 314 g/mol. The van der Waals surface area contributed by atoms with Gasteiger partial charge in [0.1, 0.15) is 0 Å². The highest BCUT2D eigenvalue weighted by molar-refractivity contribution is 7.10. The van der Waals surface area contributed by atoms with Crippen LogP contribution >= 0.6 is 34.5 Å². The fourth-order valence-electron chi connectivity index (χ4n) is 1.95. The predicted molar refractivity (Wildman–Crippen MR) is 84.0 cm³/mol. The molecular weight excluding hydrogens is 299 g/mol. The van der Waals surface area contributed by atoms with Crippen molar-refractivity contribution in [2.24, 2.45) is 5.84 Å². The van der Waals surface area contributed by atoms with Gasteiger partial charge in [0.15, 0.2) is 0 Å². The number of thiophene rings is 1. The molecular formula is C14H16Cl2N2S. The minimum Gasteiger partial charge on any atom is -0.271 e. The van der Waals surface area contributed by atoms with E-state index < -0.39 is 0 Å². The molecule has 0 fully saturated rings. The number of hydrogen-bond donors (Lipinski definition) is 2. The number of halogens is 2. The van der Waals surface area contributed by atoms with Gasteiger partial charge in [-0.1, -0.05) is 35.3 Å². The Morgan fingerprint density at radius 2 is 2.05 bits per heavy atom. The lowest BCUT2D eigenvalue weighted by atomic mass is 10.0. The number of hydrazine groups is 1. The number of rotatable bonds is 4. The van der Waals surface area contributed by atoms with Crippen LogP contribution in [0, 0.1) is 13.8 Å². The average Bonchev–Trinajstić information content (AvgIpc) is 2.70. The molecule has 1 aromatic carbocycles. The van der Waals surface area contributed by atoms with Crippen LogP contribution in [0.5, 0.6) is 0 Å². The Labute approximate surface area is 127 Å². The molecule has 0 spiro atoms. The summed E-state index contributed by atoms with van der Waals surface area (Å²) < 4.78 is 0. The van der Waals surface area contributed by atoms with E-state index in [0.717, 1.165) is 38.0 Å². The van der Waals surface area contributed by atoms with Crippen LogP contribution in [0.25, 0.3) is 0 Å². The van der Waals surface area contributed by atoms with Gasteiger partial charge in [-0.25, -0.2) is 0 Å². The van der Waals surface area contributed by atoms with Crippen molar-refractivity contribution in [1.82, 2.24) is 5.43 Å². The average molecular weight is 315 g/mol. The molecule has 1 heterocycles. The Hall–Kier alpha value is -0.580. The highest BCUT2D eigenvalue weighted by atomic mass is 35.5. The lowest BCUT2D eigenvalue weighted by Crippen LogP contribution is -2.29. The van der Waals surface area contributed by atoms with Crippen LogP contribution in [0.3, 0.4) is 0 Å². The van der Waals surface area contributed by atoms with Gasteiger partial charge in [-0.15, -0.1) is 11.3 Å². The number of hydrogen-bond acceptors (Lipinski definition) is 3. The maximum Gasteiger partial charge on any atom is 0.0609 e. The molecule has 2 aromatic rings. The molecule has 0 aliphatic carbocycles. The molecule has 3 N–H and O–H groups in total. The molecule has 19 heavy (non-hydrogen) atoms. The molecule has 1 unspecified atom stereocenters. The molecule has 0 saturated carbocycles. The fourth-order valence-corrected chi connectivity index (χ4v) is 3.65. The van der Waals surface area contributed by atoms with Crippen molar-refractivity contribution in [3.8, 4) is 0 Å². The third-order valence-electron chi connectivity index (χ3n) is 3.08. The molecule has 2 nitrogen and oxygen atoms in total. The quantitative estimate of drug-likeness (QED) is 0.647. The zero-order valence-electron chi connectivity index (χ0n) is 10.8. The van der Waals surface area contributed by atoms with Gasteiger partial charge >= 0.3 is 0 Å². The van der Waals surface area contributed by atoms with E-state index in [-0.39, 0.29) is 6.04 Å². The van der Waals surface area contributed by atoms with Gasteiger partial charge in [-0.2, -0.15) is 0 Å². The number of nitrogens with one attached hydrogen (secondary N) is 1. The normalized spacial score (nSPS) is 12.7. The molecule has 0 saturated heterocycles. The zero-order valence-corrected chi connectivity index (χ0v) is 13.2. The van der Waals surface area contributed by atoms with Crippen LogP contribution in [-0.4, -0.2) is 0 Å². The highest BCUT2D eigenvalue weighted by Gasteiger charge is 2.18. The lowest BCUT2D eigenvalue weighted by Gasteiger charge is -2.16. The summed E-state index contributed by atoms with van der Waals surface area (Å²) in [6.45, 7) is 4.02. The second kappa shape index (κ2) is 6.25. The van der Waals surface area contributed by atoms with Gasteiger partial charge in [-0.3, -0.25) is 11.3 Å². The molecule has 102 valence electrons. The minimum atomic E-state index is -0.0218. The minimum absolute atomic E-state index is 0.0218. The summed E-state index contributed by atoms with van der Waals surface area (Å²) in [6, 6.07) is 6.03. The van der Waals surface area contributed by atoms with Crippen molar-refractivity contribution in [2.75, 3.05) is 0 Å². The van der Waals surface area contributed by atoms with Crippen LogP contribution in [-0.2, 0) is 6.42 Å². The molecule has 0 aliphatic heterocycles. The standard InChI is InChI=1S/C14H16Cl2N2S/c1-8-3-4-10(11(15)5-8)6-12(18-17)14-13(16)9(2)7-19-14/h3-5,7,12,18H,6,17H2,1-2H3. The predicted octanol–water partition coefficient (Wildman–Crippen LogP) is 4.42. The Morgan fingerprint density at radius 1 is 1.32 bits per heavy atom. The Balaban J connectivity index is 2.26. The van der Waals surface area contributed by atoms with Gasteiger partial charge in [0.05, 0.1) is 11.1 Å². The molecule has 1 atom stereocenters. The summed E-state index contributed by atoms with van der Waals surface area (Å²) in [5.41, 5.74) is 6.13. The van der Waals surface area contributed by atoms with Gasteiger partial charge in [0.2, 0.25) is 0 Å². The number of benzene rings is 1. The number of nitrogens with two attached hydrogens (primary N) is 1. The van der Waals surface area contributed by atoms with Gasteiger partial charge in [0, 0.05) is 9.90 Å². The summed E-state index contributed by atoms with van der Waals surface area (Å²) in [7, 11) is 0. The molecule has 2 rings (SSSR count). The summed E-state index contributed by atoms with van der Waals surface area (Å²) in [5.74, 6) is 5.67. The van der Waals surface area contributed by atoms with E-state index in [4.69, 9.17) is 29.0 Å². The SMILES string of the molecule is Cc1ccc(CC(NN)c2scc(C)c2Cl)c(Cl)c1. The second-order valence-corrected chi connectivity index (χ2v) is 6.31. The van der Waals surface area contributed by atoms with E-state index in [2.05, 4.69) is 11.5 Å². The smallest absolute Gasteiger partial charge is 0.0609 e. The Bertz CT molecular complexity index is 581. The molecule has 5 heteroatoms. The van der Waals surface area contributed by atoms with E-state index in [1.807, 2.05) is 31.4 Å². The summed E-state index contributed by atoms with van der Waals surface area (Å²) in [5, 5.41) is 3.60. The van der Waals surface area contributed by atoms with E-state index in [1.165, 1.54) is 0 Å². The van der Waals surface area contributed by atoms with Crippen molar-refractivity contribution < 1.29 is 0 Å². The van der Waals surface area contributed by atoms with E-state index >= 15 is 0 Å². The Kier molecular flexibility index (Phi) is 4.87. The lowest BCUT2D eigenvalue weighted by molar-refractivity contribution is 0.560. The molecule has 0 aliphatic rings. The first-order valence-corrected chi connectivity index (χ1v) is 7.61. The van der Waals surface area contributed by atoms with Crippen molar-refractivity contribution in [1.29, 1.82) is 0 Å². The third kappa shape index (κ3) is 3.30. The summed E-state index contributed by atoms with van der Waals surface area (Å²) in [4.78, 5) is 1.05.